The Hall–Kier alpha value is -1.22. The maximum atomic E-state index is 12.2. The van der Waals surface area contributed by atoms with E-state index in [-0.39, 0.29) is 6.54 Å². The van der Waals surface area contributed by atoms with Crippen LogP contribution in [0.1, 0.15) is 5.56 Å². The minimum absolute atomic E-state index is 0.0189. The molecule has 0 aliphatic carbocycles. The molecule has 0 saturated heterocycles. The van der Waals surface area contributed by atoms with E-state index in [4.69, 9.17) is 17.3 Å². The first-order valence-electron chi connectivity index (χ1n) is 4.70. The van der Waals surface area contributed by atoms with E-state index in [1.807, 2.05) is 0 Å². The Balaban J connectivity index is 3.04. The zero-order valence-electron chi connectivity index (χ0n) is 9.02. The number of aromatic nitrogens is 1. The molecule has 19 heavy (non-hydrogen) atoms. The molecule has 0 bridgehead atoms. The second-order valence-corrected chi connectivity index (χ2v) is 3.82. The van der Waals surface area contributed by atoms with Gasteiger partial charge in [-0.3, -0.25) is 0 Å². The molecule has 0 saturated carbocycles. The molecule has 0 aliphatic rings. The zero-order valence-corrected chi connectivity index (χ0v) is 9.77. The van der Waals surface area contributed by atoms with Crippen LogP contribution in [0.25, 0.3) is 0 Å². The van der Waals surface area contributed by atoms with Crippen molar-refractivity contribution in [3.05, 3.63) is 22.8 Å². The summed E-state index contributed by atoms with van der Waals surface area (Å²) in [6.07, 6.45) is -14.3. The van der Waals surface area contributed by atoms with E-state index in [1.165, 1.54) is 0 Å². The number of alkyl halides is 6. The van der Waals surface area contributed by atoms with E-state index >= 15 is 0 Å². The van der Waals surface area contributed by atoms with E-state index < -0.39 is 29.4 Å². The summed E-state index contributed by atoms with van der Waals surface area (Å²) < 4.78 is 77.3. The van der Waals surface area contributed by atoms with Gasteiger partial charge < -0.3 is 10.5 Å². The highest BCUT2D eigenvalue weighted by Gasteiger charge is 2.59. The number of nitrogens with two attached hydrogens (primary N) is 1. The molecule has 0 radical (unpaired) electrons. The fourth-order valence-electron chi connectivity index (χ4n) is 1.09. The molecule has 0 spiro atoms. The molecule has 0 fully saturated rings. The van der Waals surface area contributed by atoms with Crippen LogP contribution in [0, 0.1) is 0 Å². The fraction of sp³-hybridized carbons (Fsp3) is 0.444. The molecule has 0 atom stereocenters. The number of hydrogen-bond acceptors (Lipinski definition) is 3. The SMILES string of the molecule is NCc1cnc(OC(C(F)(F)F)C(F)(F)F)c(Cl)c1. The van der Waals surface area contributed by atoms with Gasteiger partial charge in [-0.25, -0.2) is 4.98 Å². The van der Waals surface area contributed by atoms with E-state index in [1.54, 1.807) is 0 Å². The number of halogens is 7. The molecule has 2 N–H and O–H groups in total. The number of rotatable bonds is 3. The molecular weight excluding hydrogens is 302 g/mol. The lowest BCUT2D eigenvalue weighted by atomic mass is 10.3. The smallest absolute Gasteiger partial charge is 0.434 e. The Labute approximate surface area is 108 Å². The minimum atomic E-state index is -5.63. The molecule has 3 nitrogen and oxygen atoms in total. The monoisotopic (exact) mass is 308 g/mol. The lowest BCUT2D eigenvalue weighted by molar-refractivity contribution is -0.300. The van der Waals surface area contributed by atoms with Gasteiger partial charge in [0.15, 0.2) is 0 Å². The maximum Gasteiger partial charge on any atom is 0.434 e. The van der Waals surface area contributed by atoms with Crippen molar-refractivity contribution in [1.82, 2.24) is 4.98 Å². The number of nitrogens with zero attached hydrogens (tertiary/aromatic N) is 1. The lowest BCUT2D eigenvalue weighted by Gasteiger charge is -2.23. The molecule has 0 unspecified atom stereocenters. The van der Waals surface area contributed by atoms with Gasteiger partial charge in [0, 0.05) is 12.7 Å². The predicted molar refractivity (Wildman–Crippen MR) is 53.7 cm³/mol. The summed E-state index contributed by atoms with van der Waals surface area (Å²) in [4.78, 5) is 3.28. The van der Waals surface area contributed by atoms with Gasteiger partial charge in [-0.15, -0.1) is 0 Å². The lowest BCUT2D eigenvalue weighted by Crippen LogP contribution is -2.46. The summed E-state index contributed by atoms with van der Waals surface area (Å²) in [6, 6.07) is 1.08. The Morgan fingerprint density at radius 3 is 2.11 bits per heavy atom. The van der Waals surface area contributed by atoms with E-state index in [0.29, 0.717) is 5.56 Å². The van der Waals surface area contributed by atoms with Gasteiger partial charge in [0.2, 0.25) is 5.88 Å². The van der Waals surface area contributed by atoms with Crippen molar-refractivity contribution in [2.45, 2.75) is 25.0 Å². The highest BCUT2D eigenvalue weighted by molar-refractivity contribution is 6.31. The summed E-state index contributed by atoms with van der Waals surface area (Å²) >= 11 is 5.47. The van der Waals surface area contributed by atoms with Gasteiger partial charge in [0.25, 0.3) is 6.10 Å². The van der Waals surface area contributed by atoms with Crippen LogP contribution in [0.4, 0.5) is 26.3 Å². The van der Waals surface area contributed by atoms with Gasteiger partial charge in [-0.05, 0) is 11.6 Å². The summed E-state index contributed by atoms with van der Waals surface area (Å²) in [5.74, 6) is -0.960. The molecule has 0 amide bonds. The van der Waals surface area contributed by atoms with Crippen LogP contribution in [0.2, 0.25) is 5.02 Å². The van der Waals surface area contributed by atoms with Crippen molar-refractivity contribution in [2.24, 2.45) is 5.73 Å². The summed E-state index contributed by atoms with van der Waals surface area (Å²) in [6.45, 7) is -0.0189. The van der Waals surface area contributed by atoms with Crippen LogP contribution in [-0.2, 0) is 6.54 Å². The summed E-state index contributed by atoms with van der Waals surface area (Å²) in [5.41, 5.74) is 5.55. The average Bonchev–Trinajstić information content (AvgIpc) is 2.23. The van der Waals surface area contributed by atoms with Crippen molar-refractivity contribution >= 4 is 11.6 Å². The first kappa shape index (κ1) is 15.8. The second-order valence-electron chi connectivity index (χ2n) is 3.42. The molecule has 1 rings (SSSR count). The normalized spacial score (nSPS) is 12.9. The first-order chi connectivity index (χ1) is 8.55. The minimum Gasteiger partial charge on any atom is -0.454 e. The molecule has 1 aromatic heterocycles. The highest BCUT2D eigenvalue weighted by Crippen LogP contribution is 2.37. The summed E-state index contributed by atoms with van der Waals surface area (Å²) in [7, 11) is 0. The third kappa shape index (κ3) is 4.13. The third-order valence-corrected chi connectivity index (χ3v) is 2.19. The number of pyridine rings is 1. The molecular formula is C9H7ClF6N2O. The Morgan fingerprint density at radius 1 is 1.21 bits per heavy atom. The first-order valence-corrected chi connectivity index (χ1v) is 5.08. The van der Waals surface area contributed by atoms with Crippen molar-refractivity contribution in [1.29, 1.82) is 0 Å². The van der Waals surface area contributed by atoms with Gasteiger partial charge in [-0.2, -0.15) is 26.3 Å². The van der Waals surface area contributed by atoms with Crippen LogP contribution >= 0.6 is 11.6 Å². The fourth-order valence-corrected chi connectivity index (χ4v) is 1.33. The van der Waals surface area contributed by atoms with Gasteiger partial charge in [0.05, 0.1) is 0 Å². The van der Waals surface area contributed by atoms with E-state index in [9.17, 15) is 26.3 Å². The topological polar surface area (TPSA) is 48.1 Å². The van der Waals surface area contributed by atoms with Gasteiger partial charge in [0.1, 0.15) is 5.02 Å². The van der Waals surface area contributed by atoms with Gasteiger partial charge in [-0.1, -0.05) is 11.6 Å². The maximum absolute atomic E-state index is 12.2. The van der Waals surface area contributed by atoms with Crippen molar-refractivity contribution in [3.63, 3.8) is 0 Å². The standard InChI is InChI=1S/C9H7ClF6N2O/c10-5-1-4(2-17)3-18-6(5)19-7(8(11,12)13)9(14,15)16/h1,3,7H,2,17H2. The molecule has 108 valence electrons. The van der Waals surface area contributed by atoms with Crippen molar-refractivity contribution < 1.29 is 31.1 Å². The Kier molecular flexibility index (Phi) is 4.51. The molecule has 1 heterocycles. The van der Waals surface area contributed by atoms with Crippen molar-refractivity contribution in [2.75, 3.05) is 0 Å². The number of ether oxygens (including phenoxy) is 1. The van der Waals surface area contributed by atoms with Gasteiger partial charge >= 0.3 is 12.4 Å². The van der Waals surface area contributed by atoms with Crippen LogP contribution in [0.3, 0.4) is 0 Å². The third-order valence-electron chi connectivity index (χ3n) is 1.92. The largest absolute Gasteiger partial charge is 0.454 e. The van der Waals surface area contributed by atoms with Crippen LogP contribution < -0.4 is 10.5 Å². The van der Waals surface area contributed by atoms with Crippen LogP contribution in [0.15, 0.2) is 12.3 Å². The number of hydrogen-bond donors (Lipinski definition) is 1. The Bertz CT molecular complexity index is 433. The van der Waals surface area contributed by atoms with E-state index in [0.717, 1.165) is 12.3 Å². The van der Waals surface area contributed by atoms with Crippen LogP contribution in [0.5, 0.6) is 5.88 Å². The quantitative estimate of drug-likeness (QED) is 0.873. The van der Waals surface area contributed by atoms with Crippen molar-refractivity contribution in [3.8, 4) is 5.88 Å². The van der Waals surface area contributed by atoms with Crippen LogP contribution in [-0.4, -0.2) is 23.4 Å². The summed E-state index contributed by atoms with van der Waals surface area (Å²) in [5, 5.41) is -0.485. The molecule has 0 aromatic carbocycles. The molecule has 10 heteroatoms. The zero-order chi connectivity index (χ0) is 14.8. The molecule has 1 aromatic rings. The average molecular weight is 309 g/mol. The van der Waals surface area contributed by atoms with E-state index in [2.05, 4.69) is 9.72 Å². The second kappa shape index (κ2) is 5.41. The predicted octanol–water partition coefficient (Wildman–Crippen LogP) is 3.07. The highest BCUT2D eigenvalue weighted by atomic mass is 35.5. The molecule has 0 aliphatic heterocycles. The Morgan fingerprint density at radius 2 is 1.74 bits per heavy atom.